The maximum Gasteiger partial charge on any atom is 0.326 e. The summed E-state index contributed by atoms with van der Waals surface area (Å²) in [5, 5.41) is 29.2. The van der Waals surface area contributed by atoms with Crippen LogP contribution in [-0.4, -0.2) is 38.4 Å². The fraction of sp³-hybridized carbons (Fsp3) is 0.231. The molecule has 0 radical (unpaired) electrons. The molecule has 0 bridgehead atoms. The molecule has 0 amide bonds. The van der Waals surface area contributed by atoms with Gasteiger partial charge < -0.3 is 15.5 Å². The SMILES string of the molecule is Cc1nnc2ccccc2c1NC(CC(=O)O)C(=O)O. The Labute approximate surface area is 114 Å². The van der Waals surface area contributed by atoms with E-state index in [1.54, 1.807) is 31.2 Å². The molecule has 104 valence electrons. The maximum absolute atomic E-state index is 11.1. The van der Waals surface area contributed by atoms with E-state index in [1.165, 1.54) is 0 Å². The van der Waals surface area contributed by atoms with E-state index < -0.39 is 24.4 Å². The summed E-state index contributed by atoms with van der Waals surface area (Å²) >= 11 is 0. The van der Waals surface area contributed by atoms with E-state index in [0.717, 1.165) is 0 Å². The summed E-state index contributed by atoms with van der Waals surface area (Å²) in [6.07, 6.45) is -0.522. The lowest BCUT2D eigenvalue weighted by Crippen LogP contribution is -2.32. The first-order valence-corrected chi connectivity index (χ1v) is 5.92. The predicted molar refractivity (Wildman–Crippen MR) is 71.6 cm³/mol. The zero-order valence-corrected chi connectivity index (χ0v) is 10.7. The Morgan fingerprint density at radius 3 is 2.60 bits per heavy atom. The van der Waals surface area contributed by atoms with Gasteiger partial charge in [0.15, 0.2) is 0 Å². The molecule has 20 heavy (non-hydrogen) atoms. The molecule has 0 spiro atoms. The van der Waals surface area contributed by atoms with Crippen LogP contribution in [0.25, 0.3) is 10.9 Å². The lowest BCUT2D eigenvalue weighted by molar-refractivity contribution is -0.144. The van der Waals surface area contributed by atoms with Crippen molar-refractivity contribution in [2.24, 2.45) is 0 Å². The van der Waals surface area contributed by atoms with Gasteiger partial charge in [-0.05, 0) is 13.0 Å². The Morgan fingerprint density at radius 2 is 1.95 bits per heavy atom. The van der Waals surface area contributed by atoms with E-state index in [-0.39, 0.29) is 0 Å². The highest BCUT2D eigenvalue weighted by molar-refractivity contribution is 5.94. The van der Waals surface area contributed by atoms with E-state index in [2.05, 4.69) is 15.5 Å². The minimum atomic E-state index is -1.23. The second-order valence-corrected chi connectivity index (χ2v) is 4.31. The molecule has 1 unspecified atom stereocenters. The third kappa shape index (κ3) is 2.82. The van der Waals surface area contributed by atoms with Crippen LogP contribution in [-0.2, 0) is 9.59 Å². The van der Waals surface area contributed by atoms with Gasteiger partial charge in [-0.1, -0.05) is 18.2 Å². The van der Waals surface area contributed by atoms with E-state index in [4.69, 9.17) is 10.2 Å². The molecule has 0 saturated carbocycles. The Hall–Kier alpha value is -2.70. The lowest BCUT2D eigenvalue weighted by Gasteiger charge is -2.16. The minimum Gasteiger partial charge on any atom is -0.481 e. The van der Waals surface area contributed by atoms with Crippen LogP contribution >= 0.6 is 0 Å². The van der Waals surface area contributed by atoms with Gasteiger partial charge in [0, 0.05) is 5.39 Å². The summed E-state index contributed by atoms with van der Waals surface area (Å²) in [5.41, 5.74) is 1.62. The largest absolute Gasteiger partial charge is 0.481 e. The van der Waals surface area contributed by atoms with Crippen molar-refractivity contribution in [1.29, 1.82) is 0 Å². The summed E-state index contributed by atoms with van der Waals surface area (Å²) in [5.74, 6) is -2.42. The number of carboxylic acids is 2. The van der Waals surface area contributed by atoms with Gasteiger partial charge in [-0.3, -0.25) is 4.79 Å². The number of hydrogen-bond acceptors (Lipinski definition) is 5. The van der Waals surface area contributed by atoms with Crippen molar-refractivity contribution in [3.63, 3.8) is 0 Å². The van der Waals surface area contributed by atoms with Gasteiger partial charge in [0.05, 0.1) is 23.3 Å². The number of benzene rings is 1. The van der Waals surface area contributed by atoms with Gasteiger partial charge in [-0.15, -0.1) is 0 Å². The van der Waals surface area contributed by atoms with Crippen LogP contribution in [0.1, 0.15) is 12.1 Å². The van der Waals surface area contributed by atoms with E-state index in [9.17, 15) is 9.59 Å². The second kappa shape index (κ2) is 5.52. The van der Waals surface area contributed by atoms with Crippen molar-refractivity contribution >= 4 is 28.5 Å². The van der Waals surface area contributed by atoms with Crippen LogP contribution in [0, 0.1) is 6.92 Å². The van der Waals surface area contributed by atoms with E-state index in [0.29, 0.717) is 22.3 Å². The Morgan fingerprint density at radius 1 is 1.25 bits per heavy atom. The number of anilines is 1. The first kappa shape index (κ1) is 13.7. The number of carbonyl (C=O) groups is 2. The molecule has 0 saturated heterocycles. The van der Waals surface area contributed by atoms with Gasteiger partial charge in [-0.2, -0.15) is 10.2 Å². The quantitative estimate of drug-likeness (QED) is 0.753. The molecule has 0 aliphatic rings. The normalized spacial score (nSPS) is 12.1. The number of fused-ring (bicyclic) bond motifs is 1. The van der Waals surface area contributed by atoms with Gasteiger partial charge >= 0.3 is 11.9 Å². The summed E-state index contributed by atoms with van der Waals surface area (Å²) in [4.78, 5) is 21.8. The molecule has 1 heterocycles. The summed E-state index contributed by atoms with van der Waals surface area (Å²) < 4.78 is 0. The molecule has 7 heteroatoms. The average molecular weight is 275 g/mol. The molecule has 7 nitrogen and oxygen atoms in total. The van der Waals surface area contributed by atoms with E-state index >= 15 is 0 Å². The Balaban J connectivity index is 2.43. The summed E-state index contributed by atoms with van der Waals surface area (Å²) in [6.45, 7) is 1.68. The van der Waals surface area contributed by atoms with Crippen LogP contribution in [0.3, 0.4) is 0 Å². The average Bonchev–Trinajstić information content (AvgIpc) is 2.40. The topological polar surface area (TPSA) is 112 Å². The van der Waals surface area contributed by atoms with Crippen molar-refractivity contribution in [3.05, 3.63) is 30.0 Å². The number of nitrogens with one attached hydrogen (secondary N) is 1. The number of aromatic nitrogens is 2. The molecule has 0 fully saturated rings. The van der Waals surface area contributed by atoms with Crippen molar-refractivity contribution in [1.82, 2.24) is 10.2 Å². The molecule has 1 aromatic heterocycles. The zero-order chi connectivity index (χ0) is 14.7. The van der Waals surface area contributed by atoms with Crippen LogP contribution < -0.4 is 5.32 Å². The highest BCUT2D eigenvalue weighted by atomic mass is 16.4. The second-order valence-electron chi connectivity index (χ2n) is 4.31. The summed E-state index contributed by atoms with van der Waals surface area (Å²) in [6, 6.07) is 5.89. The fourth-order valence-electron chi connectivity index (χ4n) is 1.88. The number of rotatable bonds is 5. The monoisotopic (exact) mass is 275 g/mol. The van der Waals surface area contributed by atoms with Gasteiger partial charge in [0.2, 0.25) is 0 Å². The zero-order valence-electron chi connectivity index (χ0n) is 10.7. The van der Waals surface area contributed by atoms with E-state index in [1.807, 2.05) is 0 Å². The minimum absolute atomic E-state index is 0.490. The molecular weight excluding hydrogens is 262 g/mol. The van der Waals surface area contributed by atoms with Gasteiger partial charge in [0.1, 0.15) is 6.04 Å². The Bertz CT molecular complexity index is 672. The number of aryl methyl sites for hydroxylation is 1. The van der Waals surface area contributed by atoms with Crippen molar-refractivity contribution in [3.8, 4) is 0 Å². The molecule has 1 atom stereocenters. The third-order valence-electron chi connectivity index (χ3n) is 2.84. The molecule has 2 rings (SSSR count). The lowest BCUT2D eigenvalue weighted by atomic mass is 10.1. The maximum atomic E-state index is 11.1. The molecule has 2 aromatic rings. The Kier molecular flexibility index (Phi) is 3.79. The smallest absolute Gasteiger partial charge is 0.326 e. The van der Waals surface area contributed by atoms with Crippen LogP contribution in [0.15, 0.2) is 24.3 Å². The van der Waals surface area contributed by atoms with Gasteiger partial charge in [0.25, 0.3) is 0 Å². The fourth-order valence-corrected chi connectivity index (χ4v) is 1.88. The molecular formula is C13H13N3O4. The number of aliphatic carboxylic acids is 2. The predicted octanol–water partition coefficient (Wildman–Crippen LogP) is 1.28. The van der Waals surface area contributed by atoms with Crippen molar-refractivity contribution in [2.45, 2.75) is 19.4 Å². The van der Waals surface area contributed by atoms with Crippen LogP contribution in [0.5, 0.6) is 0 Å². The molecule has 0 aliphatic carbocycles. The standard InChI is InChI=1S/C13H13N3O4/c1-7-12(14-10(13(19)20)6-11(17)18)8-4-2-3-5-9(8)16-15-7/h2-5,10H,6H2,1H3,(H,14,16)(H,17,18)(H,19,20). The molecule has 3 N–H and O–H groups in total. The molecule has 0 aliphatic heterocycles. The third-order valence-corrected chi connectivity index (χ3v) is 2.84. The first-order chi connectivity index (χ1) is 9.49. The number of nitrogens with zero attached hydrogens (tertiary/aromatic N) is 2. The van der Waals surface area contributed by atoms with Crippen LogP contribution in [0.4, 0.5) is 5.69 Å². The summed E-state index contributed by atoms with van der Waals surface area (Å²) in [7, 11) is 0. The highest BCUT2D eigenvalue weighted by Gasteiger charge is 2.22. The van der Waals surface area contributed by atoms with Gasteiger partial charge in [-0.25, -0.2) is 4.79 Å². The molecule has 1 aromatic carbocycles. The van der Waals surface area contributed by atoms with Crippen LogP contribution in [0.2, 0.25) is 0 Å². The van der Waals surface area contributed by atoms with Crippen molar-refractivity contribution < 1.29 is 19.8 Å². The highest BCUT2D eigenvalue weighted by Crippen LogP contribution is 2.24. The first-order valence-electron chi connectivity index (χ1n) is 5.92. The number of hydrogen-bond donors (Lipinski definition) is 3. The number of carboxylic acid groups (broad SMARTS) is 2. The van der Waals surface area contributed by atoms with Crippen molar-refractivity contribution in [2.75, 3.05) is 5.32 Å².